The van der Waals surface area contributed by atoms with Gasteiger partial charge in [0.15, 0.2) is 5.13 Å². The molecule has 1 amide bonds. The Hall–Kier alpha value is -3.24. The van der Waals surface area contributed by atoms with Crippen LogP contribution in [0.3, 0.4) is 0 Å². The molecule has 0 aliphatic heterocycles. The van der Waals surface area contributed by atoms with Crippen LogP contribution in [-0.2, 0) is 4.79 Å². The number of anilines is 1. The van der Waals surface area contributed by atoms with Gasteiger partial charge in [-0.15, -0.1) is 0 Å². The average molecular weight is 437 g/mol. The first-order valence-corrected chi connectivity index (χ1v) is 12.0. The lowest BCUT2D eigenvalue weighted by Gasteiger charge is -2.52. The van der Waals surface area contributed by atoms with E-state index in [2.05, 4.69) is 77.9 Å². The number of fused-ring (bicyclic) bond motifs is 1. The molecule has 3 aromatic carbocycles. The van der Waals surface area contributed by atoms with Gasteiger partial charge in [-0.05, 0) is 40.7 Å². The zero-order valence-electron chi connectivity index (χ0n) is 17.9. The summed E-state index contributed by atoms with van der Waals surface area (Å²) in [5.41, 5.74) is 6.02. The quantitative estimate of drug-likeness (QED) is 0.381. The molecule has 3 aliphatic rings. The second kappa shape index (κ2) is 7.42. The maximum atomic E-state index is 13.9. The molecule has 3 nitrogen and oxygen atoms in total. The first-order chi connectivity index (χ1) is 15.7. The van der Waals surface area contributed by atoms with Gasteiger partial charge in [0, 0.05) is 18.0 Å². The highest BCUT2D eigenvalue weighted by molar-refractivity contribution is 7.19. The number of amides is 1. The minimum absolute atomic E-state index is 0.0680. The molecule has 0 spiro atoms. The summed E-state index contributed by atoms with van der Waals surface area (Å²) in [6.45, 7) is 2.16. The van der Waals surface area contributed by atoms with Gasteiger partial charge in [0.05, 0.1) is 10.3 Å². The van der Waals surface area contributed by atoms with Crippen molar-refractivity contribution < 1.29 is 4.79 Å². The maximum absolute atomic E-state index is 13.9. The molecule has 7 rings (SSSR count). The van der Waals surface area contributed by atoms with Crippen LogP contribution in [0.25, 0.3) is 10.4 Å². The van der Waals surface area contributed by atoms with Crippen molar-refractivity contribution in [2.24, 2.45) is 5.41 Å². The number of hydrogen-bond acceptors (Lipinski definition) is 3. The van der Waals surface area contributed by atoms with Crippen LogP contribution in [0.4, 0.5) is 5.13 Å². The topological polar surface area (TPSA) is 42.0 Å². The van der Waals surface area contributed by atoms with E-state index < -0.39 is 5.41 Å². The molecule has 1 heterocycles. The third-order valence-electron chi connectivity index (χ3n) is 7.35. The van der Waals surface area contributed by atoms with Crippen LogP contribution >= 0.6 is 11.3 Å². The van der Waals surface area contributed by atoms with Gasteiger partial charge >= 0.3 is 0 Å². The Bertz CT molecular complexity index is 1260. The molecule has 1 unspecified atom stereocenters. The van der Waals surface area contributed by atoms with Crippen molar-refractivity contribution in [2.75, 3.05) is 5.32 Å². The lowest BCUT2D eigenvalue weighted by atomic mass is 9.51. The Balaban J connectivity index is 1.39. The molecule has 1 atom stereocenters. The average Bonchev–Trinajstić information content (AvgIpc) is 3.33. The zero-order chi connectivity index (χ0) is 21.7. The van der Waals surface area contributed by atoms with E-state index in [1.807, 2.05) is 24.4 Å². The number of hydrogen-bond donors (Lipinski definition) is 1. The summed E-state index contributed by atoms with van der Waals surface area (Å²) in [7, 11) is 0. The molecule has 1 aromatic heterocycles. The Labute approximate surface area is 192 Å². The first kappa shape index (κ1) is 19.4. The number of carbonyl (C=O) groups excluding carboxylic acids is 1. The van der Waals surface area contributed by atoms with Crippen molar-refractivity contribution in [2.45, 2.75) is 31.6 Å². The molecule has 32 heavy (non-hydrogen) atoms. The van der Waals surface area contributed by atoms with Gasteiger partial charge in [-0.25, -0.2) is 4.98 Å². The second-order valence-electron chi connectivity index (χ2n) is 8.81. The Morgan fingerprint density at radius 3 is 2.16 bits per heavy atom. The van der Waals surface area contributed by atoms with Gasteiger partial charge in [-0.3, -0.25) is 4.79 Å². The summed E-state index contributed by atoms with van der Waals surface area (Å²) in [5.74, 6) is 0.417. The number of carbonyl (C=O) groups is 1. The number of aromatic nitrogens is 1. The van der Waals surface area contributed by atoms with Crippen molar-refractivity contribution in [3.05, 3.63) is 107 Å². The molecule has 2 bridgehead atoms. The van der Waals surface area contributed by atoms with Crippen molar-refractivity contribution in [1.29, 1.82) is 0 Å². The monoisotopic (exact) mass is 436 g/mol. The van der Waals surface area contributed by atoms with Crippen molar-refractivity contribution in [3.8, 4) is 10.4 Å². The molecule has 0 fully saturated rings. The minimum Gasteiger partial charge on any atom is -0.301 e. The molecule has 0 saturated carbocycles. The van der Waals surface area contributed by atoms with Crippen molar-refractivity contribution in [3.63, 3.8) is 0 Å². The van der Waals surface area contributed by atoms with E-state index in [-0.39, 0.29) is 17.7 Å². The van der Waals surface area contributed by atoms with E-state index in [1.165, 1.54) is 33.6 Å². The molecular weight excluding hydrogens is 412 g/mol. The lowest BCUT2D eigenvalue weighted by molar-refractivity contribution is -0.128. The van der Waals surface area contributed by atoms with Gasteiger partial charge in [0.2, 0.25) is 5.91 Å². The number of nitrogens with zero attached hydrogens (tertiary/aromatic N) is 1. The van der Waals surface area contributed by atoms with Gasteiger partial charge in [0.1, 0.15) is 0 Å². The highest BCUT2D eigenvalue weighted by Crippen LogP contribution is 2.62. The molecule has 0 saturated heterocycles. The largest absolute Gasteiger partial charge is 0.301 e. The summed E-state index contributed by atoms with van der Waals surface area (Å²) in [6, 6.07) is 27.6. The highest BCUT2D eigenvalue weighted by Gasteiger charge is 2.55. The van der Waals surface area contributed by atoms with Crippen molar-refractivity contribution in [1.82, 2.24) is 4.98 Å². The maximum Gasteiger partial charge on any atom is 0.233 e. The minimum atomic E-state index is -0.480. The van der Waals surface area contributed by atoms with E-state index in [0.717, 1.165) is 23.3 Å². The first-order valence-electron chi connectivity index (χ1n) is 11.2. The standard InChI is InChI=1S/C28H24N2OS/c1-2-28(26(31)30-27-29-17-24(32-27)18-10-4-3-5-11-18)16-23-19-12-6-8-14-21(19)25(28)22-15-9-7-13-20(22)23/h3-15,17,23,25H,2,16H2,1H3,(H,29,30,31). The predicted molar refractivity (Wildman–Crippen MR) is 130 cm³/mol. The predicted octanol–water partition coefficient (Wildman–Crippen LogP) is 6.83. The number of rotatable bonds is 4. The molecular formula is C28H24N2OS. The van der Waals surface area contributed by atoms with E-state index in [0.29, 0.717) is 5.13 Å². The zero-order valence-corrected chi connectivity index (χ0v) is 18.7. The van der Waals surface area contributed by atoms with E-state index in [9.17, 15) is 4.79 Å². The summed E-state index contributed by atoms with van der Waals surface area (Å²) in [5, 5.41) is 3.88. The van der Waals surface area contributed by atoms with E-state index >= 15 is 0 Å². The Morgan fingerprint density at radius 2 is 1.53 bits per heavy atom. The van der Waals surface area contributed by atoms with E-state index in [1.54, 1.807) is 0 Å². The summed E-state index contributed by atoms with van der Waals surface area (Å²) >= 11 is 1.54. The van der Waals surface area contributed by atoms with Gasteiger partial charge in [0.25, 0.3) is 0 Å². The van der Waals surface area contributed by atoms with Crippen LogP contribution in [0.15, 0.2) is 85.1 Å². The van der Waals surface area contributed by atoms with Gasteiger partial charge in [-0.2, -0.15) is 0 Å². The summed E-state index contributed by atoms with van der Waals surface area (Å²) in [6.07, 6.45) is 3.48. The SMILES string of the molecule is CCC1(C(=O)Nc2ncc(-c3ccccc3)s2)CC2c3ccccc3C1c1ccccc12. The summed E-state index contributed by atoms with van der Waals surface area (Å²) in [4.78, 5) is 19.5. The fourth-order valence-electron chi connectivity index (χ4n) is 5.84. The molecule has 1 N–H and O–H groups in total. The molecule has 4 heteroatoms. The Kier molecular flexibility index (Phi) is 4.51. The second-order valence-corrected chi connectivity index (χ2v) is 9.84. The highest BCUT2D eigenvalue weighted by atomic mass is 32.1. The summed E-state index contributed by atoms with van der Waals surface area (Å²) < 4.78 is 0. The van der Waals surface area contributed by atoms with Crippen LogP contribution in [-0.4, -0.2) is 10.9 Å². The fourth-order valence-corrected chi connectivity index (χ4v) is 6.65. The normalized spacial score (nSPS) is 22.8. The van der Waals surface area contributed by atoms with Crippen LogP contribution in [0.1, 0.15) is 53.9 Å². The van der Waals surface area contributed by atoms with Crippen LogP contribution in [0.5, 0.6) is 0 Å². The van der Waals surface area contributed by atoms with Gasteiger partial charge < -0.3 is 5.32 Å². The Morgan fingerprint density at radius 1 is 0.938 bits per heavy atom. The lowest BCUT2D eigenvalue weighted by Crippen LogP contribution is -2.48. The fraction of sp³-hybridized carbons (Fsp3) is 0.214. The molecule has 3 aliphatic carbocycles. The van der Waals surface area contributed by atoms with Crippen LogP contribution in [0.2, 0.25) is 0 Å². The van der Waals surface area contributed by atoms with E-state index in [4.69, 9.17) is 0 Å². The van der Waals surface area contributed by atoms with Crippen LogP contribution < -0.4 is 5.32 Å². The van der Waals surface area contributed by atoms with Crippen LogP contribution in [0, 0.1) is 5.41 Å². The molecule has 0 radical (unpaired) electrons. The number of nitrogens with one attached hydrogen (secondary N) is 1. The van der Waals surface area contributed by atoms with Gasteiger partial charge in [-0.1, -0.05) is 97.1 Å². The third kappa shape index (κ3) is 2.79. The number of thiazole rings is 1. The molecule has 158 valence electrons. The molecule has 4 aromatic rings. The third-order valence-corrected chi connectivity index (χ3v) is 8.32. The smallest absolute Gasteiger partial charge is 0.233 e. The van der Waals surface area contributed by atoms with Crippen molar-refractivity contribution >= 4 is 22.4 Å². The number of benzene rings is 3.